The summed E-state index contributed by atoms with van der Waals surface area (Å²) in [7, 11) is 4.01. The summed E-state index contributed by atoms with van der Waals surface area (Å²) in [5.74, 6) is -1.35. The zero-order valence-electron chi connectivity index (χ0n) is 14.5. The summed E-state index contributed by atoms with van der Waals surface area (Å²) in [5, 5.41) is 2.92. The van der Waals surface area contributed by atoms with Crippen molar-refractivity contribution in [1.29, 1.82) is 0 Å². The lowest BCUT2D eigenvalue weighted by molar-refractivity contribution is 0.0936. The Labute approximate surface area is 146 Å². The number of nitrogens with zero attached hydrogens (tertiary/aromatic N) is 1. The molecule has 1 amide bonds. The van der Waals surface area contributed by atoms with E-state index in [0.717, 1.165) is 24.6 Å². The highest BCUT2D eigenvalue weighted by atomic mass is 19.1. The van der Waals surface area contributed by atoms with Crippen molar-refractivity contribution in [2.24, 2.45) is 0 Å². The summed E-state index contributed by atoms with van der Waals surface area (Å²) in [6, 6.07) is 9.37. The van der Waals surface area contributed by atoms with Gasteiger partial charge in [-0.1, -0.05) is 12.1 Å². The second-order valence-corrected chi connectivity index (χ2v) is 6.77. The number of carbonyl (C=O) groups excluding carboxylic acids is 1. The van der Waals surface area contributed by atoms with Crippen LogP contribution in [0.5, 0.6) is 0 Å². The fourth-order valence-electron chi connectivity index (χ4n) is 3.25. The third-order valence-electron chi connectivity index (χ3n) is 4.60. The lowest BCUT2D eigenvalue weighted by atomic mass is 10.1. The Morgan fingerprint density at radius 1 is 1.24 bits per heavy atom. The van der Waals surface area contributed by atoms with Crippen molar-refractivity contribution in [3.8, 4) is 0 Å². The fraction of sp³-hybridized carbons (Fsp3) is 0.350. The molecule has 1 atom stereocenters. The molecule has 132 valence electrons. The van der Waals surface area contributed by atoms with Gasteiger partial charge in [0.2, 0.25) is 0 Å². The number of carbonyl (C=O) groups is 1. The molecule has 1 N–H and O–H groups in total. The number of halogens is 2. The van der Waals surface area contributed by atoms with Crippen LogP contribution in [0.25, 0.3) is 0 Å². The molecule has 0 heterocycles. The van der Waals surface area contributed by atoms with E-state index < -0.39 is 11.6 Å². The number of likely N-dealkylation sites (N-methyl/N-ethyl adjacent to an activating group) is 1. The summed E-state index contributed by atoms with van der Waals surface area (Å²) >= 11 is 0. The van der Waals surface area contributed by atoms with E-state index in [9.17, 15) is 13.6 Å². The van der Waals surface area contributed by atoms with Crippen LogP contribution in [0.15, 0.2) is 36.4 Å². The number of fused-ring (bicyclic) bond motifs is 1. The first-order valence-corrected chi connectivity index (χ1v) is 8.46. The van der Waals surface area contributed by atoms with Crippen molar-refractivity contribution in [3.63, 3.8) is 0 Å². The first kappa shape index (κ1) is 17.5. The molecule has 0 bridgehead atoms. The second-order valence-electron chi connectivity index (χ2n) is 6.77. The number of hydrogen-bond acceptors (Lipinski definition) is 2. The van der Waals surface area contributed by atoms with Gasteiger partial charge >= 0.3 is 0 Å². The molecule has 0 saturated carbocycles. The highest BCUT2D eigenvalue weighted by Crippen LogP contribution is 2.33. The van der Waals surface area contributed by atoms with Crippen molar-refractivity contribution in [2.45, 2.75) is 25.3 Å². The normalized spacial score (nSPS) is 16.1. The van der Waals surface area contributed by atoms with Crippen molar-refractivity contribution in [2.75, 3.05) is 20.6 Å². The number of amides is 1. The van der Waals surface area contributed by atoms with Crippen LogP contribution in [0.1, 0.15) is 39.5 Å². The molecule has 0 saturated heterocycles. The molecule has 0 radical (unpaired) electrons. The van der Waals surface area contributed by atoms with E-state index in [1.54, 1.807) is 6.07 Å². The van der Waals surface area contributed by atoms with E-state index in [0.29, 0.717) is 29.5 Å². The van der Waals surface area contributed by atoms with Gasteiger partial charge in [0.1, 0.15) is 11.6 Å². The molecule has 0 fully saturated rings. The average Bonchev–Trinajstić information content (AvgIpc) is 2.96. The SMILES string of the molecule is CN(C)CCc1cccc(C(=O)NC2CCc3c(F)cc(F)cc32)c1. The van der Waals surface area contributed by atoms with Gasteiger partial charge in [-0.05, 0) is 68.2 Å². The molecule has 0 aromatic heterocycles. The quantitative estimate of drug-likeness (QED) is 0.901. The Balaban J connectivity index is 1.73. The van der Waals surface area contributed by atoms with Gasteiger partial charge < -0.3 is 10.2 Å². The number of benzene rings is 2. The minimum Gasteiger partial charge on any atom is -0.345 e. The number of hydrogen-bond donors (Lipinski definition) is 1. The largest absolute Gasteiger partial charge is 0.345 e. The average molecular weight is 344 g/mol. The van der Waals surface area contributed by atoms with Crippen molar-refractivity contribution in [3.05, 3.63) is 70.3 Å². The fourth-order valence-corrected chi connectivity index (χ4v) is 3.25. The maximum atomic E-state index is 13.8. The monoisotopic (exact) mass is 344 g/mol. The third kappa shape index (κ3) is 4.04. The van der Waals surface area contributed by atoms with Crippen LogP contribution >= 0.6 is 0 Å². The summed E-state index contributed by atoms with van der Waals surface area (Å²) in [6.45, 7) is 0.902. The van der Waals surface area contributed by atoms with E-state index in [1.807, 2.05) is 32.3 Å². The molecular weight excluding hydrogens is 322 g/mol. The van der Waals surface area contributed by atoms with Crippen molar-refractivity contribution in [1.82, 2.24) is 10.2 Å². The van der Waals surface area contributed by atoms with E-state index in [2.05, 4.69) is 10.2 Å². The molecule has 3 rings (SSSR count). The van der Waals surface area contributed by atoms with Crippen LogP contribution in [0, 0.1) is 11.6 Å². The Bertz CT molecular complexity index is 789. The molecule has 2 aromatic carbocycles. The zero-order valence-corrected chi connectivity index (χ0v) is 14.5. The van der Waals surface area contributed by atoms with Gasteiger partial charge in [-0.15, -0.1) is 0 Å². The predicted molar refractivity (Wildman–Crippen MR) is 93.6 cm³/mol. The molecule has 5 heteroatoms. The highest BCUT2D eigenvalue weighted by Gasteiger charge is 2.27. The maximum Gasteiger partial charge on any atom is 0.251 e. The van der Waals surface area contributed by atoms with Crippen molar-refractivity contribution < 1.29 is 13.6 Å². The minimum absolute atomic E-state index is 0.214. The summed E-state index contributed by atoms with van der Waals surface area (Å²) < 4.78 is 27.3. The lowest BCUT2D eigenvalue weighted by Gasteiger charge is -2.15. The lowest BCUT2D eigenvalue weighted by Crippen LogP contribution is -2.27. The molecule has 25 heavy (non-hydrogen) atoms. The van der Waals surface area contributed by atoms with Gasteiger partial charge in [0.15, 0.2) is 0 Å². The van der Waals surface area contributed by atoms with Gasteiger partial charge in [-0.3, -0.25) is 4.79 Å². The van der Waals surface area contributed by atoms with Gasteiger partial charge in [0.05, 0.1) is 6.04 Å². The molecule has 1 aliphatic rings. The molecule has 0 aliphatic heterocycles. The second kappa shape index (κ2) is 7.31. The Morgan fingerprint density at radius 3 is 2.80 bits per heavy atom. The molecule has 1 unspecified atom stereocenters. The molecule has 0 spiro atoms. The topological polar surface area (TPSA) is 32.3 Å². The van der Waals surface area contributed by atoms with E-state index >= 15 is 0 Å². The van der Waals surface area contributed by atoms with Gasteiger partial charge in [-0.2, -0.15) is 0 Å². The van der Waals surface area contributed by atoms with Crippen LogP contribution in [0.3, 0.4) is 0 Å². The molecule has 1 aliphatic carbocycles. The zero-order chi connectivity index (χ0) is 18.0. The highest BCUT2D eigenvalue weighted by molar-refractivity contribution is 5.94. The Kier molecular flexibility index (Phi) is 5.13. The van der Waals surface area contributed by atoms with Crippen LogP contribution in [0.2, 0.25) is 0 Å². The number of nitrogens with one attached hydrogen (secondary N) is 1. The van der Waals surface area contributed by atoms with Crippen LogP contribution in [0.4, 0.5) is 8.78 Å². The molecular formula is C20H22F2N2O. The van der Waals surface area contributed by atoms with Gasteiger partial charge in [-0.25, -0.2) is 8.78 Å². The first-order chi connectivity index (χ1) is 11.9. The van der Waals surface area contributed by atoms with Gasteiger partial charge in [0.25, 0.3) is 5.91 Å². The smallest absolute Gasteiger partial charge is 0.251 e. The van der Waals surface area contributed by atoms with Gasteiger partial charge in [0, 0.05) is 18.2 Å². The summed E-state index contributed by atoms with van der Waals surface area (Å²) in [5.41, 5.74) is 2.72. The van der Waals surface area contributed by atoms with E-state index in [4.69, 9.17) is 0 Å². The van der Waals surface area contributed by atoms with E-state index in [1.165, 1.54) is 6.07 Å². The number of rotatable bonds is 5. The maximum absolute atomic E-state index is 13.8. The van der Waals surface area contributed by atoms with Crippen molar-refractivity contribution >= 4 is 5.91 Å². The van der Waals surface area contributed by atoms with E-state index in [-0.39, 0.29) is 11.9 Å². The molecule has 3 nitrogen and oxygen atoms in total. The van der Waals surface area contributed by atoms with Crippen LogP contribution in [-0.4, -0.2) is 31.4 Å². The standard InChI is InChI=1S/C20H22F2N2O/c1-24(2)9-8-13-4-3-5-14(10-13)20(25)23-19-7-6-16-17(19)11-15(21)12-18(16)22/h3-5,10-12,19H,6-9H2,1-2H3,(H,23,25). The molecule has 2 aromatic rings. The summed E-state index contributed by atoms with van der Waals surface area (Å²) in [6.07, 6.45) is 1.95. The minimum atomic E-state index is -0.608. The predicted octanol–water partition coefficient (Wildman–Crippen LogP) is 3.49. The Hall–Kier alpha value is -2.27. The summed E-state index contributed by atoms with van der Waals surface area (Å²) in [4.78, 5) is 14.7. The van der Waals surface area contributed by atoms with Crippen LogP contribution in [-0.2, 0) is 12.8 Å². The van der Waals surface area contributed by atoms with Crippen LogP contribution < -0.4 is 5.32 Å². The first-order valence-electron chi connectivity index (χ1n) is 8.46. The third-order valence-corrected chi connectivity index (χ3v) is 4.60. The Morgan fingerprint density at radius 2 is 2.04 bits per heavy atom.